The van der Waals surface area contributed by atoms with Gasteiger partial charge >= 0.3 is 0 Å². The molecule has 24 heavy (non-hydrogen) atoms. The Balaban J connectivity index is 1.53. The van der Waals surface area contributed by atoms with Crippen molar-refractivity contribution in [2.75, 3.05) is 17.8 Å². The number of anilines is 2. The molecule has 4 rings (SSSR count). The van der Waals surface area contributed by atoms with Crippen LogP contribution in [0.5, 0.6) is 11.5 Å². The molecule has 0 fully saturated rings. The molecule has 3 N–H and O–H groups in total. The molecular formula is C18H16N4O2. The molecule has 0 saturated heterocycles. The molecule has 1 aromatic heterocycles. The van der Waals surface area contributed by atoms with E-state index in [0.717, 1.165) is 28.3 Å². The lowest BCUT2D eigenvalue weighted by Gasteiger charge is -2.09. The minimum Gasteiger partial charge on any atom is -0.454 e. The fraction of sp³-hybridized carbons (Fsp3) is 0.111. The number of benzene rings is 2. The van der Waals surface area contributed by atoms with Crippen LogP contribution < -0.4 is 20.5 Å². The van der Waals surface area contributed by atoms with Crippen LogP contribution in [0.2, 0.25) is 0 Å². The van der Waals surface area contributed by atoms with Crippen molar-refractivity contribution in [3.8, 4) is 22.8 Å². The van der Waals surface area contributed by atoms with Crippen molar-refractivity contribution in [3.63, 3.8) is 0 Å². The molecule has 0 radical (unpaired) electrons. The lowest BCUT2D eigenvalue weighted by Crippen LogP contribution is -2.05. The number of fused-ring (bicyclic) bond motifs is 1. The Bertz CT molecular complexity index is 868. The van der Waals surface area contributed by atoms with Crippen LogP contribution in [0.1, 0.15) is 5.56 Å². The first-order valence-corrected chi connectivity index (χ1v) is 7.60. The van der Waals surface area contributed by atoms with E-state index in [-0.39, 0.29) is 12.7 Å². The zero-order valence-corrected chi connectivity index (χ0v) is 12.9. The predicted molar refractivity (Wildman–Crippen MR) is 91.8 cm³/mol. The normalized spacial score (nSPS) is 12.2. The average molecular weight is 320 g/mol. The summed E-state index contributed by atoms with van der Waals surface area (Å²) in [4.78, 5) is 8.54. The van der Waals surface area contributed by atoms with Crippen LogP contribution in [0.25, 0.3) is 11.3 Å². The molecule has 120 valence electrons. The molecule has 2 heterocycles. The highest BCUT2D eigenvalue weighted by molar-refractivity contribution is 5.64. The van der Waals surface area contributed by atoms with Crippen molar-refractivity contribution in [1.29, 1.82) is 0 Å². The number of nitrogens with one attached hydrogen (secondary N) is 1. The van der Waals surface area contributed by atoms with Crippen LogP contribution in [-0.2, 0) is 6.54 Å². The molecule has 0 saturated carbocycles. The predicted octanol–water partition coefficient (Wildman–Crippen LogP) is 3.07. The van der Waals surface area contributed by atoms with Gasteiger partial charge in [0.25, 0.3) is 0 Å². The second-order valence-electron chi connectivity index (χ2n) is 5.40. The summed E-state index contributed by atoms with van der Waals surface area (Å²) < 4.78 is 10.7. The van der Waals surface area contributed by atoms with E-state index >= 15 is 0 Å². The maximum Gasteiger partial charge on any atom is 0.231 e. The number of hydrogen-bond donors (Lipinski definition) is 2. The van der Waals surface area contributed by atoms with E-state index < -0.39 is 0 Å². The van der Waals surface area contributed by atoms with Gasteiger partial charge in [0.05, 0.1) is 5.69 Å². The van der Waals surface area contributed by atoms with Crippen molar-refractivity contribution in [1.82, 2.24) is 9.97 Å². The Labute approximate surface area is 139 Å². The van der Waals surface area contributed by atoms with Crippen molar-refractivity contribution in [2.24, 2.45) is 0 Å². The molecule has 1 aliphatic heterocycles. The Morgan fingerprint density at radius 2 is 1.79 bits per heavy atom. The maximum atomic E-state index is 5.84. The topological polar surface area (TPSA) is 82.3 Å². The van der Waals surface area contributed by atoms with Gasteiger partial charge < -0.3 is 20.5 Å². The van der Waals surface area contributed by atoms with Gasteiger partial charge in [-0.25, -0.2) is 4.98 Å². The number of nitrogen functional groups attached to an aromatic ring is 1. The highest BCUT2D eigenvalue weighted by atomic mass is 16.7. The molecular weight excluding hydrogens is 304 g/mol. The van der Waals surface area contributed by atoms with Gasteiger partial charge in [-0.1, -0.05) is 36.4 Å². The van der Waals surface area contributed by atoms with E-state index in [4.69, 9.17) is 15.2 Å². The van der Waals surface area contributed by atoms with E-state index in [9.17, 15) is 0 Å². The Kier molecular flexibility index (Phi) is 3.63. The molecule has 6 heteroatoms. The third-order valence-electron chi connectivity index (χ3n) is 3.72. The van der Waals surface area contributed by atoms with Crippen molar-refractivity contribution >= 4 is 11.8 Å². The second-order valence-corrected chi connectivity index (χ2v) is 5.40. The summed E-state index contributed by atoms with van der Waals surface area (Å²) >= 11 is 0. The van der Waals surface area contributed by atoms with Crippen molar-refractivity contribution in [2.45, 2.75) is 6.54 Å². The maximum absolute atomic E-state index is 5.84. The molecule has 0 spiro atoms. The van der Waals surface area contributed by atoms with Crippen LogP contribution in [0.3, 0.4) is 0 Å². The monoisotopic (exact) mass is 320 g/mol. The number of rotatable bonds is 4. The summed E-state index contributed by atoms with van der Waals surface area (Å²) in [5.74, 6) is 2.46. The fourth-order valence-corrected chi connectivity index (χ4v) is 2.56. The highest BCUT2D eigenvalue weighted by Crippen LogP contribution is 2.32. The van der Waals surface area contributed by atoms with Gasteiger partial charge in [-0.05, 0) is 17.7 Å². The SMILES string of the molecule is Nc1nc(NCc2ccc3c(c2)OCO3)cc(-c2ccccc2)n1. The van der Waals surface area contributed by atoms with Gasteiger partial charge in [-0.15, -0.1) is 0 Å². The average Bonchev–Trinajstić information content (AvgIpc) is 3.08. The fourth-order valence-electron chi connectivity index (χ4n) is 2.56. The van der Waals surface area contributed by atoms with Crippen LogP contribution in [0.15, 0.2) is 54.6 Å². The molecule has 0 atom stereocenters. The van der Waals surface area contributed by atoms with E-state index in [2.05, 4.69) is 15.3 Å². The van der Waals surface area contributed by atoms with E-state index in [1.165, 1.54) is 0 Å². The summed E-state index contributed by atoms with van der Waals surface area (Å²) in [5, 5.41) is 3.28. The van der Waals surface area contributed by atoms with Crippen molar-refractivity contribution in [3.05, 3.63) is 60.2 Å². The molecule has 2 aromatic carbocycles. The minimum atomic E-state index is 0.240. The van der Waals surface area contributed by atoms with E-state index in [0.29, 0.717) is 12.4 Å². The Morgan fingerprint density at radius 1 is 0.958 bits per heavy atom. The highest BCUT2D eigenvalue weighted by Gasteiger charge is 2.13. The summed E-state index contributed by atoms with van der Waals surface area (Å²) in [6.45, 7) is 0.871. The second kappa shape index (κ2) is 6.08. The first-order chi connectivity index (χ1) is 11.8. The third-order valence-corrected chi connectivity index (χ3v) is 3.72. The Morgan fingerprint density at radius 3 is 2.67 bits per heavy atom. The van der Waals surface area contributed by atoms with Gasteiger partial charge in [-0.2, -0.15) is 4.98 Å². The molecule has 0 aliphatic carbocycles. The van der Waals surface area contributed by atoms with Crippen LogP contribution in [0, 0.1) is 0 Å². The number of aromatic nitrogens is 2. The first-order valence-electron chi connectivity index (χ1n) is 7.60. The molecule has 3 aromatic rings. The molecule has 1 aliphatic rings. The van der Waals surface area contributed by atoms with Gasteiger partial charge in [0.1, 0.15) is 5.82 Å². The third kappa shape index (κ3) is 2.94. The number of nitrogens with zero attached hydrogens (tertiary/aromatic N) is 2. The number of nitrogens with two attached hydrogens (primary N) is 1. The standard InChI is InChI=1S/C18H16N4O2/c19-18-21-14(13-4-2-1-3-5-13)9-17(22-18)20-10-12-6-7-15-16(8-12)24-11-23-15/h1-9H,10-11H2,(H3,19,20,21,22). The summed E-state index contributed by atoms with van der Waals surface area (Å²) in [7, 11) is 0. The number of ether oxygens (including phenoxy) is 2. The number of hydrogen-bond acceptors (Lipinski definition) is 6. The molecule has 0 unspecified atom stereocenters. The minimum absolute atomic E-state index is 0.240. The summed E-state index contributed by atoms with van der Waals surface area (Å²) in [5.41, 5.74) is 8.69. The van der Waals surface area contributed by atoms with Crippen LogP contribution >= 0.6 is 0 Å². The summed E-state index contributed by atoms with van der Waals surface area (Å²) in [6, 6.07) is 17.6. The van der Waals surface area contributed by atoms with Gasteiger partial charge in [0, 0.05) is 18.2 Å². The lowest BCUT2D eigenvalue weighted by atomic mass is 10.1. The Hall–Kier alpha value is -3.28. The first kappa shape index (κ1) is 14.3. The lowest BCUT2D eigenvalue weighted by molar-refractivity contribution is 0.174. The van der Waals surface area contributed by atoms with E-state index in [1.54, 1.807) is 0 Å². The summed E-state index contributed by atoms with van der Waals surface area (Å²) in [6.07, 6.45) is 0. The zero-order valence-electron chi connectivity index (χ0n) is 12.9. The molecule has 0 amide bonds. The van der Waals surface area contributed by atoms with Gasteiger partial charge in [0.2, 0.25) is 12.7 Å². The largest absolute Gasteiger partial charge is 0.454 e. The molecule has 0 bridgehead atoms. The van der Waals surface area contributed by atoms with E-state index in [1.807, 2.05) is 54.6 Å². The van der Waals surface area contributed by atoms with Gasteiger partial charge in [0.15, 0.2) is 11.5 Å². The van der Waals surface area contributed by atoms with Crippen LogP contribution in [-0.4, -0.2) is 16.8 Å². The quantitative estimate of drug-likeness (QED) is 0.769. The zero-order chi connectivity index (χ0) is 16.4. The molecule has 6 nitrogen and oxygen atoms in total. The van der Waals surface area contributed by atoms with Crippen LogP contribution in [0.4, 0.5) is 11.8 Å². The van der Waals surface area contributed by atoms with Gasteiger partial charge in [-0.3, -0.25) is 0 Å². The van der Waals surface area contributed by atoms with Crippen molar-refractivity contribution < 1.29 is 9.47 Å². The smallest absolute Gasteiger partial charge is 0.231 e.